The molecule has 0 unspecified atom stereocenters. The van der Waals surface area contributed by atoms with Crippen molar-refractivity contribution in [3.63, 3.8) is 0 Å². The standard InChI is InChI=1S/C24H32O3Si/c1-3-4-5-16-28-17-14-20(15-18-28)19-6-12-23(13-7-19)27-24(25)21-8-10-22(26-2)11-9-21/h6-13,20,28H,3-5,14-18H2,1-2H3. The molecule has 0 atom stereocenters. The number of ether oxygens (including phenoxy) is 2. The maximum atomic E-state index is 12.3. The molecule has 2 aromatic carbocycles. The smallest absolute Gasteiger partial charge is 0.343 e. The van der Waals surface area contributed by atoms with Crippen LogP contribution in [0.1, 0.15) is 60.9 Å². The van der Waals surface area contributed by atoms with Gasteiger partial charge in [-0.25, -0.2) is 4.79 Å². The van der Waals surface area contributed by atoms with Gasteiger partial charge in [-0.15, -0.1) is 0 Å². The maximum Gasteiger partial charge on any atom is 0.343 e. The van der Waals surface area contributed by atoms with E-state index in [9.17, 15) is 4.79 Å². The van der Waals surface area contributed by atoms with Gasteiger partial charge in [0.2, 0.25) is 0 Å². The normalized spacial score (nSPS) is 19.2. The Hall–Kier alpha value is -2.07. The van der Waals surface area contributed by atoms with Gasteiger partial charge in [-0.3, -0.25) is 0 Å². The summed E-state index contributed by atoms with van der Waals surface area (Å²) in [5.41, 5.74) is 1.92. The minimum Gasteiger partial charge on any atom is -0.497 e. The van der Waals surface area contributed by atoms with Crippen LogP contribution in [0.4, 0.5) is 0 Å². The van der Waals surface area contributed by atoms with E-state index in [1.54, 1.807) is 37.4 Å². The van der Waals surface area contributed by atoms with Crippen LogP contribution in [0.2, 0.25) is 18.1 Å². The van der Waals surface area contributed by atoms with Crippen LogP contribution in [0, 0.1) is 0 Å². The van der Waals surface area contributed by atoms with Crippen LogP contribution in [-0.4, -0.2) is 21.9 Å². The lowest BCUT2D eigenvalue weighted by molar-refractivity contribution is 0.0734. The molecule has 3 rings (SSSR count). The zero-order valence-corrected chi connectivity index (χ0v) is 18.3. The number of unbranched alkanes of at least 4 members (excludes halogenated alkanes) is 2. The summed E-state index contributed by atoms with van der Waals surface area (Å²) in [6.07, 6.45) is 6.87. The monoisotopic (exact) mass is 396 g/mol. The molecule has 0 N–H and O–H groups in total. The van der Waals surface area contributed by atoms with Crippen molar-refractivity contribution in [2.45, 2.75) is 63.1 Å². The summed E-state index contributed by atoms with van der Waals surface area (Å²) in [5, 5.41) is 0. The van der Waals surface area contributed by atoms with Gasteiger partial charge in [0.1, 0.15) is 11.5 Å². The van der Waals surface area contributed by atoms with E-state index in [2.05, 4.69) is 19.1 Å². The minimum absolute atomic E-state index is 0.339. The van der Waals surface area contributed by atoms with Crippen molar-refractivity contribution in [3.05, 3.63) is 59.7 Å². The van der Waals surface area contributed by atoms with E-state index in [-0.39, 0.29) is 5.97 Å². The van der Waals surface area contributed by atoms with Crippen LogP contribution < -0.4 is 9.47 Å². The van der Waals surface area contributed by atoms with Crippen molar-refractivity contribution >= 4 is 14.8 Å². The van der Waals surface area contributed by atoms with Gasteiger partial charge < -0.3 is 9.47 Å². The first kappa shape index (κ1) is 20.7. The highest BCUT2D eigenvalue weighted by molar-refractivity contribution is 6.59. The number of rotatable bonds is 8. The molecular weight excluding hydrogens is 364 g/mol. The van der Waals surface area contributed by atoms with Gasteiger partial charge >= 0.3 is 5.97 Å². The van der Waals surface area contributed by atoms with Crippen LogP contribution >= 0.6 is 0 Å². The van der Waals surface area contributed by atoms with Gasteiger partial charge in [0.25, 0.3) is 0 Å². The zero-order chi connectivity index (χ0) is 19.8. The molecule has 0 bridgehead atoms. The number of carbonyl (C=O) groups excluding carboxylic acids is 1. The van der Waals surface area contributed by atoms with Crippen LogP contribution in [-0.2, 0) is 0 Å². The second-order valence-electron chi connectivity index (χ2n) is 7.90. The molecule has 1 aliphatic heterocycles. The Kier molecular flexibility index (Phi) is 7.72. The Labute approximate surface area is 170 Å². The van der Waals surface area contributed by atoms with Crippen molar-refractivity contribution in [1.29, 1.82) is 0 Å². The topological polar surface area (TPSA) is 35.5 Å². The molecule has 4 heteroatoms. The zero-order valence-electron chi connectivity index (χ0n) is 17.2. The molecule has 2 aromatic rings. The van der Waals surface area contributed by atoms with Gasteiger partial charge in [-0.1, -0.05) is 56.5 Å². The minimum atomic E-state index is -0.469. The fourth-order valence-electron chi connectivity index (χ4n) is 4.17. The van der Waals surface area contributed by atoms with Gasteiger partial charge in [-0.2, -0.15) is 0 Å². The summed E-state index contributed by atoms with van der Waals surface area (Å²) in [6.45, 7) is 2.29. The van der Waals surface area contributed by atoms with E-state index in [1.807, 2.05) is 12.1 Å². The van der Waals surface area contributed by atoms with Crippen molar-refractivity contribution in [2.24, 2.45) is 0 Å². The van der Waals surface area contributed by atoms with Crippen molar-refractivity contribution in [3.8, 4) is 11.5 Å². The highest BCUT2D eigenvalue weighted by atomic mass is 28.3. The molecular formula is C24H32O3Si. The number of benzene rings is 2. The van der Waals surface area contributed by atoms with E-state index in [0.29, 0.717) is 17.2 Å². The van der Waals surface area contributed by atoms with Gasteiger partial charge in [0.05, 0.1) is 12.7 Å². The predicted molar refractivity (Wildman–Crippen MR) is 117 cm³/mol. The molecule has 0 radical (unpaired) electrons. The fourth-order valence-corrected chi connectivity index (χ4v) is 7.65. The Bertz CT molecular complexity index is 731. The molecule has 0 saturated carbocycles. The van der Waals surface area contributed by atoms with Gasteiger partial charge in [-0.05, 0) is 60.7 Å². The molecule has 150 valence electrons. The maximum absolute atomic E-state index is 12.3. The lowest BCUT2D eigenvalue weighted by Gasteiger charge is -2.28. The first-order valence-electron chi connectivity index (χ1n) is 10.7. The third-order valence-electron chi connectivity index (χ3n) is 5.95. The largest absolute Gasteiger partial charge is 0.497 e. The van der Waals surface area contributed by atoms with E-state index in [0.717, 1.165) is 5.75 Å². The molecule has 1 saturated heterocycles. The molecule has 1 heterocycles. The highest BCUT2D eigenvalue weighted by Gasteiger charge is 2.23. The molecule has 0 spiro atoms. The second kappa shape index (κ2) is 10.5. The van der Waals surface area contributed by atoms with E-state index < -0.39 is 8.80 Å². The van der Waals surface area contributed by atoms with E-state index >= 15 is 0 Å². The van der Waals surface area contributed by atoms with Crippen molar-refractivity contribution in [2.75, 3.05) is 7.11 Å². The average molecular weight is 397 g/mol. The Morgan fingerprint density at radius 3 is 2.21 bits per heavy atom. The van der Waals surface area contributed by atoms with Gasteiger partial charge in [0.15, 0.2) is 0 Å². The summed E-state index contributed by atoms with van der Waals surface area (Å²) in [6, 6.07) is 19.6. The Morgan fingerprint density at radius 2 is 1.61 bits per heavy atom. The summed E-state index contributed by atoms with van der Waals surface area (Å²) in [7, 11) is 1.14. The number of carbonyl (C=O) groups is 1. The summed E-state index contributed by atoms with van der Waals surface area (Å²) < 4.78 is 10.6. The quantitative estimate of drug-likeness (QED) is 0.230. The first-order valence-corrected chi connectivity index (χ1v) is 13.1. The number of methoxy groups -OCH3 is 1. The predicted octanol–water partition coefficient (Wildman–Crippen LogP) is 6.21. The summed E-state index contributed by atoms with van der Waals surface area (Å²) in [5.74, 6) is 1.67. The molecule has 3 nitrogen and oxygen atoms in total. The van der Waals surface area contributed by atoms with Crippen LogP contribution in [0.25, 0.3) is 0 Å². The Balaban J connectivity index is 1.50. The third kappa shape index (κ3) is 5.71. The SMILES string of the molecule is CCCCC[SiH]1CCC(c2ccc(OC(=O)c3ccc(OC)cc3)cc2)CC1. The fraction of sp³-hybridized carbons (Fsp3) is 0.458. The number of hydrogen-bond acceptors (Lipinski definition) is 3. The van der Waals surface area contributed by atoms with E-state index in [4.69, 9.17) is 9.47 Å². The highest BCUT2D eigenvalue weighted by Crippen LogP contribution is 2.35. The Morgan fingerprint density at radius 1 is 0.964 bits per heavy atom. The second-order valence-corrected chi connectivity index (χ2v) is 11.4. The molecule has 0 aromatic heterocycles. The van der Waals surface area contributed by atoms with Crippen LogP contribution in [0.15, 0.2) is 48.5 Å². The van der Waals surface area contributed by atoms with Crippen LogP contribution in [0.5, 0.6) is 11.5 Å². The van der Waals surface area contributed by atoms with Crippen molar-refractivity contribution in [1.82, 2.24) is 0 Å². The first-order chi connectivity index (χ1) is 13.7. The molecule has 0 amide bonds. The number of hydrogen-bond donors (Lipinski definition) is 0. The van der Waals surface area contributed by atoms with Crippen LogP contribution in [0.3, 0.4) is 0 Å². The third-order valence-corrected chi connectivity index (χ3v) is 9.47. The van der Waals surface area contributed by atoms with Crippen molar-refractivity contribution < 1.29 is 14.3 Å². The summed E-state index contributed by atoms with van der Waals surface area (Å²) in [4.78, 5) is 12.3. The lowest BCUT2D eigenvalue weighted by atomic mass is 9.93. The lowest BCUT2D eigenvalue weighted by Crippen LogP contribution is -2.20. The number of esters is 1. The molecule has 1 fully saturated rings. The summed E-state index contributed by atoms with van der Waals surface area (Å²) >= 11 is 0. The molecule has 28 heavy (non-hydrogen) atoms. The molecule has 1 aliphatic rings. The van der Waals surface area contributed by atoms with Gasteiger partial charge in [0, 0.05) is 8.80 Å². The average Bonchev–Trinajstić information content (AvgIpc) is 2.75. The van der Waals surface area contributed by atoms with E-state index in [1.165, 1.54) is 49.8 Å². The molecule has 0 aliphatic carbocycles.